The van der Waals surface area contributed by atoms with E-state index in [2.05, 4.69) is 27.7 Å². The van der Waals surface area contributed by atoms with Crippen LogP contribution in [0.4, 0.5) is 0 Å². The number of aromatic nitrogens is 1. The molecule has 1 radical (unpaired) electrons. The van der Waals surface area contributed by atoms with Crippen LogP contribution in [0.25, 0.3) is 23.7 Å². The summed E-state index contributed by atoms with van der Waals surface area (Å²) in [7, 11) is 0. The summed E-state index contributed by atoms with van der Waals surface area (Å²) >= 11 is 0. The SMILES string of the molecule is CCC1=C(C)C2=NC1=CC1=NC(=Cc3[n-]c(c(C)c3CC)C=C3C=CC(=N3)C(=c3ccc(=C([O-])[O-])cc3)C3=NC(=C2)C=C3)C=C1.[Fe+3]. The molecule has 0 unspecified atom stereocenters. The normalized spacial score (nSPS) is 18.0. The average Bonchev–Trinajstić information content (AvgIpc) is 3.86. The van der Waals surface area contributed by atoms with Gasteiger partial charge in [-0.3, -0.25) is 0 Å². The molecule has 6 heterocycles. The quantitative estimate of drug-likeness (QED) is 0.464. The summed E-state index contributed by atoms with van der Waals surface area (Å²) < 4.78 is 0. The summed E-state index contributed by atoms with van der Waals surface area (Å²) in [4.78, 5) is 24.9. The summed E-state index contributed by atoms with van der Waals surface area (Å²) in [5.41, 5.74) is 13.7. The van der Waals surface area contributed by atoms with Gasteiger partial charge in [0.25, 0.3) is 0 Å². The first-order chi connectivity index (χ1) is 21.8. The van der Waals surface area contributed by atoms with Crippen molar-refractivity contribution < 1.29 is 27.3 Å². The Labute approximate surface area is 278 Å². The summed E-state index contributed by atoms with van der Waals surface area (Å²) in [6.45, 7) is 8.48. The van der Waals surface area contributed by atoms with Gasteiger partial charge in [0, 0.05) is 5.57 Å². The fourth-order valence-electron chi connectivity index (χ4n) is 6.18. The van der Waals surface area contributed by atoms with E-state index < -0.39 is 5.95 Å². The molecule has 0 aliphatic carbocycles. The number of rotatable bonds is 2. The molecular weight excluding hydrogens is 614 g/mol. The number of benzene rings is 1. The van der Waals surface area contributed by atoms with E-state index in [0.717, 1.165) is 91.8 Å². The van der Waals surface area contributed by atoms with Crippen molar-refractivity contribution in [2.75, 3.05) is 0 Å². The number of hydrogen-bond donors (Lipinski definition) is 0. The summed E-state index contributed by atoms with van der Waals surface area (Å²) in [6.07, 6.45) is 21.7. The molecule has 8 heteroatoms. The van der Waals surface area contributed by atoms with Gasteiger partial charge in [-0.2, -0.15) is 5.95 Å². The van der Waals surface area contributed by atoms with Crippen LogP contribution >= 0.6 is 0 Å². The van der Waals surface area contributed by atoms with Gasteiger partial charge >= 0.3 is 17.1 Å². The second-order valence-electron chi connectivity index (χ2n) is 11.3. The van der Waals surface area contributed by atoms with Crippen molar-refractivity contribution in [2.45, 2.75) is 40.5 Å². The van der Waals surface area contributed by atoms with E-state index in [1.807, 2.05) is 60.8 Å². The summed E-state index contributed by atoms with van der Waals surface area (Å²) in [5, 5.41) is 23.8. The van der Waals surface area contributed by atoms with Gasteiger partial charge in [-0.05, 0) is 96.9 Å². The predicted molar refractivity (Wildman–Crippen MR) is 179 cm³/mol. The number of nitrogens with zero attached hydrogens (tertiary/aromatic N) is 5. The molecule has 0 spiro atoms. The monoisotopic (exact) mass is 644 g/mol. The van der Waals surface area contributed by atoms with Crippen molar-refractivity contribution in [1.82, 2.24) is 4.98 Å². The Kier molecular flexibility index (Phi) is 8.34. The first kappa shape index (κ1) is 31.0. The van der Waals surface area contributed by atoms with E-state index in [0.29, 0.717) is 0 Å². The topological polar surface area (TPSA) is 110 Å². The molecule has 0 saturated heterocycles. The van der Waals surface area contributed by atoms with Crippen LogP contribution in [-0.4, -0.2) is 22.8 Å². The Morgan fingerprint density at radius 2 is 1.30 bits per heavy atom. The van der Waals surface area contributed by atoms with Gasteiger partial charge in [-0.15, -0.1) is 11.4 Å². The van der Waals surface area contributed by atoms with Gasteiger partial charge in [-0.1, -0.05) is 61.4 Å². The van der Waals surface area contributed by atoms with Gasteiger partial charge in [0.2, 0.25) is 0 Å². The number of aliphatic imine (C=N–C) groups is 4. The van der Waals surface area contributed by atoms with Gasteiger partial charge in [0.15, 0.2) is 0 Å². The Hall–Kier alpha value is -5.04. The van der Waals surface area contributed by atoms with Crippen LogP contribution in [0, 0.1) is 6.92 Å². The van der Waals surface area contributed by atoms with E-state index in [9.17, 15) is 10.2 Å². The number of hydrogen-bond acceptors (Lipinski definition) is 6. The number of allylic oxidation sites excluding steroid dienone is 10. The fourth-order valence-corrected chi connectivity index (χ4v) is 6.18. The molecule has 0 fully saturated rings. The Balaban J connectivity index is 0.00000372. The van der Waals surface area contributed by atoms with Crippen molar-refractivity contribution >= 4 is 46.5 Å². The van der Waals surface area contributed by atoms with Gasteiger partial charge in [0.1, 0.15) is 0 Å². The van der Waals surface area contributed by atoms with E-state index in [1.54, 1.807) is 24.3 Å². The van der Waals surface area contributed by atoms with Crippen LogP contribution in [0.15, 0.2) is 127 Å². The standard InChI is InChI=1S/C38H32N5O2.Fe/c1-5-29-21(3)33-17-27-13-15-31(40-27)37(23-7-9-24(10-8-23)38(44)45)32-16-14-28(41-32)18-34-22(4)30(6-2)36(43-34)20-26-12-11-25(39-26)19-35(29)42-33;/h7-20H,5-6H2,1-4H3,(H2-,39,40,41,42,43,44,45);/q-1;+3/p-2. The van der Waals surface area contributed by atoms with Crippen molar-refractivity contribution in [1.29, 1.82) is 0 Å². The van der Waals surface area contributed by atoms with E-state index in [4.69, 9.17) is 25.0 Å². The summed E-state index contributed by atoms with van der Waals surface area (Å²) in [6, 6.07) is 6.64. The smallest absolute Gasteiger partial charge is 0.884 e. The molecule has 2 aromatic rings. The zero-order chi connectivity index (χ0) is 31.2. The molecule has 5 aliphatic heterocycles. The number of fused-ring (bicyclic) bond motifs is 6. The fraction of sp³-hybridized carbons (Fsp3) is 0.158. The average molecular weight is 645 g/mol. The third-order valence-corrected chi connectivity index (χ3v) is 8.55. The van der Waals surface area contributed by atoms with Crippen LogP contribution < -0.4 is 25.6 Å². The largest absolute Gasteiger partial charge is 3.00 e. The maximum atomic E-state index is 11.5. The minimum absolute atomic E-state index is 0. The third kappa shape index (κ3) is 5.62. The van der Waals surface area contributed by atoms with Gasteiger partial charge in [0.05, 0.1) is 45.6 Å². The predicted octanol–water partition coefficient (Wildman–Crippen LogP) is 3.83. The molecule has 0 saturated carbocycles. The molecular formula is C38H30FeN5O2. The zero-order valence-corrected chi connectivity index (χ0v) is 27.0. The van der Waals surface area contributed by atoms with Crippen LogP contribution in [0.2, 0.25) is 0 Å². The molecule has 0 atom stereocenters. The van der Waals surface area contributed by atoms with Gasteiger partial charge in [-0.25, -0.2) is 20.0 Å². The van der Waals surface area contributed by atoms with Crippen LogP contribution in [0.1, 0.15) is 49.7 Å². The first-order valence-corrected chi connectivity index (χ1v) is 15.1. The van der Waals surface area contributed by atoms with Crippen LogP contribution in [-0.2, 0) is 23.5 Å². The van der Waals surface area contributed by atoms with E-state index >= 15 is 0 Å². The van der Waals surface area contributed by atoms with Crippen molar-refractivity contribution in [3.63, 3.8) is 0 Å². The third-order valence-electron chi connectivity index (χ3n) is 8.55. The minimum atomic E-state index is -1.22. The first-order valence-electron chi connectivity index (χ1n) is 15.1. The maximum Gasteiger partial charge on any atom is 3.00 e. The Morgan fingerprint density at radius 3 is 1.96 bits per heavy atom. The van der Waals surface area contributed by atoms with Crippen LogP contribution in [0.3, 0.4) is 0 Å². The molecule has 7 rings (SSSR count). The zero-order valence-electron chi connectivity index (χ0n) is 25.9. The Bertz CT molecular complexity index is 2180. The van der Waals surface area contributed by atoms with Gasteiger partial charge < -0.3 is 15.2 Å². The van der Waals surface area contributed by atoms with Crippen molar-refractivity contribution in [3.05, 3.63) is 140 Å². The molecule has 7 nitrogen and oxygen atoms in total. The molecule has 5 aliphatic rings. The second-order valence-corrected chi connectivity index (χ2v) is 11.3. The molecule has 1 aromatic carbocycles. The molecule has 227 valence electrons. The van der Waals surface area contributed by atoms with Crippen LogP contribution in [0.5, 0.6) is 0 Å². The minimum Gasteiger partial charge on any atom is -0.884 e. The second kappa shape index (κ2) is 12.4. The van der Waals surface area contributed by atoms with Crippen molar-refractivity contribution in [3.8, 4) is 0 Å². The molecule has 0 amide bonds. The summed E-state index contributed by atoms with van der Waals surface area (Å²) in [5.74, 6) is -1.22. The molecule has 46 heavy (non-hydrogen) atoms. The Morgan fingerprint density at radius 1 is 0.674 bits per heavy atom. The molecule has 0 N–H and O–H groups in total. The molecule has 1 aromatic heterocycles. The van der Waals surface area contributed by atoms with Crippen molar-refractivity contribution in [2.24, 2.45) is 20.0 Å². The van der Waals surface area contributed by atoms with E-state index in [1.165, 1.54) is 11.1 Å². The molecule has 10 bridgehead atoms. The van der Waals surface area contributed by atoms with E-state index in [-0.39, 0.29) is 22.3 Å². The maximum absolute atomic E-state index is 11.5.